The number of nitrogens with one attached hydrogen (secondary N) is 1. The number of guanidine groups is 1. The van der Waals surface area contributed by atoms with Gasteiger partial charge in [-0.05, 0) is 43.9 Å². The van der Waals surface area contributed by atoms with E-state index in [0.717, 1.165) is 29.0 Å². The number of aryl methyl sites for hydroxylation is 1. The molecular formula is C17H26ClIN4O2. The van der Waals surface area contributed by atoms with Crippen LogP contribution in [0, 0.1) is 6.92 Å². The fourth-order valence-electron chi connectivity index (χ4n) is 2.66. The molecule has 1 aliphatic heterocycles. The van der Waals surface area contributed by atoms with Crippen LogP contribution in [0.4, 0.5) is 4.79 Å². The molecule has 1 amide bonds. The van der Waals surface area contributed by atoms with E-state index in [0.29, 0.717) is 32.2 Å². The summed E-state index contributed by atoms with van der Waals surface area (Å²) in [6.07, 6.45) is 1.42. The van der Waals surface area contributed by atoms with Gasteiger partial charge in [-0.2, -0.15) is 0 Å². The second-order valence-corrected chi connectivity index (χ2v) is 6.30. The van der Waals surface area contributed by atoms with E-state index in [9.17, 15) is 4.79 Å². The number of ether oxygens (including phenoxy) is 1. The van der Waals surface area contributed by atoms with E-state index in [2.05, 4.69) is 10.3 Å². The van der Waals surface area contributed by atoms with Crippen molar-refractivity contribution in [1.29, 1.82) is 0 Å². The minimum atomic E-state index is -0.240. The first kappa shape index (κ1) is 21.8. The Kier molecular flexibility index (Phi) is 9.34. The van der Waals surface area contributed by atoms with Gasteiger partial charge in [-0.1, -0.05) is 23.7 Å². The highest BCUT2D eigenvalue weighted by atomic mass is 127. The Balaban J connectivity index is 0.00000312. The van der Waals surface area contributed by atoms with Gasteiger partial charge in [0.2, 0.25) is 0 Å². The van der Waals surface area contributed by atoms with Crippen molar-refractivity contribution in [3.63, 3.8) is 0 Å². The van der Waals surface area contributed by atoms with Crippen LogP contribution in [0.15, 0.2) is 23.2 Å². The number of rotatable bonds is 4. The van der Waals surface area contributed by atoms with E-state index in [4.69, 9.17) is 22.1 Å². The van der Waals surface area contributed by atoms with Crippen molar-refractivity contribution in [2.75, 3.05) is 19.7 Å². The smallest absolute Gasteiger partial charge is 0.409 e. The lowest BCUT2D eigenvalue weighted by molar-refractivity contribution is 0.0963. The molecule has 0 radical (unpaired) electrons. The molecule has 0 aromatic heterocycles. The number of aliphatic imine (C=N–C) groups is 1. The van der Waals surface area contributed by atoms with E-state index < -0.39 is 0 Å². The predicted octanol–water partition coefficient (Wildman–Crippen LogP) is 3.29. The zero-order chi connectivity index (χ0) is 17.5. The third-order valence-electron chi connectivity index (χ3n) is 4.03. The van der Waals surface area contributed by atoms with Crippen molar-refractivity contribution >= 4 is 47.6 Å². The topological polar surface area (TPSA) is 80.0 Å². The Bertz CT molecular complexity index is 604. The van der Waals surface area contributed by atoms with Crippen molar-refractivity contribution in [3.05, 3.63) is 34.3 Å². The third kappa shape index (κ3) is 6.89. The molecule has 2 rings (SSSR count). The lowest BCUT2D eigenvalue weighted by Gasteiger charge is -2.31. The summed E-state index contributed by atoms with van der Waals surface area (Å²) in [7, 11) is 0. The van der Waals surface area contributed by atoms with Crippen molar-refractivity contribution in [1.82, 2.24) is 10.2 Å². The van der Waals surface area contributed by atoms with E-state index >= 15 is 0 Å². The highest BCUT2D eigenvalue weighted by Gasteiger charge is 2.23. The minimum Gasteiger partial charge on any atom is -0.450 e. The van der Waals surface area contributed by atoms with Crippen LogP contribution < -0.4 is 11.1 Å². The lowest BCUT2D eigenvalue weighted by atomic mass is 10.1. The number of carbonyl (C=O) groups excluding carboxylic acids is 1. The molecule has 1 aromatic carbocycles. The van der Waals surface area contributed by atoms with Crippen molar-refractivity contribution in [2.45, 2.75) is 39.3 Å². The normalized spacial score (nSPS) is 15.5. The SMILES string of the molecule is CCOC(=O)N1CCC(NC(N)=NCc2ccc(Cl)c(C)c2)CC1.I. The summed E-state index contributed by atoms with van der Waals surface area (Å²) in [6, 6.07) is 6.06. The molecule has 25 heavy (non-hydrogen) atoms. The van der Waals surface area contributed by atoms with Gasteiger partial charge in [-0.3, -0.25) is 0 Å². The van der Waals surface area contributed by atoms with E-state index in [1.54, 1.807) is 4.90 Å². The van der Waals surface area contributed by atoms with Crippen LogP contribution in [0.5, 0.6) is 0 Å². The van der Waals surface area contributed by atoms with Crippen LogP contribution >= 0.6 is 35.6 Å². The molecule has 0 atom stereocenters. The number of hydrogen-bond donors (Lipinski definition) is 2. The van der Waals surface area contributed by atoms with E-state index in [-0.39, 0.29) is 36.1 Å². The number of benzene rings is 1. The molecule has 6 nitrogen and oxygen atoms in total. The second-order valence-electron chi connectivity index (χ2n) is 5.89. The van der Waals surface area contributed by atoms with Crippen LogP contribution in [-0.2, 0) is 11.3 Å². The van der Waals surface area contributed by atoms with Gasteiger partial charge in [-0.15, -0.1) is 24.0 Å². The summed E-state index contributed by atoms with van der Waals surface area (Å²) in [5.41, 5.74) is 8.07. The van der Waals surface area contributed by atoms with Gasteiger partial charge in [0, 0.05) is 24.2 Å². The maximum absolute atomic E-state index is 11.7. The number of nitrogens with zero attached hydrogens (tertiary/aromatic N) is 2. The van der Waals surface area contributed by atoms with Crippen LogP contribution in [0.1, 0.15) is 30.9 Å². The Labute approximate surface area is 171 Å². The zero-order valence-corrected chi connectivity index (χ0v) is 17.7. The quantitative estimate of drug-likeness (QED) is 0.394. The van der Waals surface area contributed by atoms with Gasteiger partial charge >= 0.3 is 6.09 Å². The Morgan fingerprint density at radius 1 is 1.44 bits per heavy atom. The molecule has 140 valence electrons. The van der Waals surface area contributed by atoms with Crippen LogP contribution in [0.2, 0.25) is 5.02 Å². The van der Waals surface area contributed by atoms with Gasteiger partial charge in [0.15, 0.2) is 5.96 Å². The van der Waals surface area contributed by atoms with Gasteiger partial charge in [0.25, 0.3) is 0 Å². The highest BCUT2D eigenvalue weighted by molar-refractivity contribution is 14.0. The lowest BCUT2D eigenvalue weighted by Crippen LogP contribution is -2.48. The van der Waals surface area contributed by atoms with Crippen molar-refractivity contribution in [3.8, 4) is 0 Å². The molecule has 0 aliphatic carbocycles. The molecule has 0 unspecified atom stereocenters. The monoisotopic (exact) mass is 480 g/mol. The van der Waals surface area contributed by atoms with Crippen LogP contribution in [0.25, 0.3) is 0 Å². The molecule has 8 heteroatoms. The molecule has 1 saturated heterocycles. The fraction of sp³-hybridized carbons (Fsp3) is 0.529. The molecule has 1 aliphatic rings. The third-order valence-corrected chi connectivity index (χ3v) is 4.45. The van der Waals surface area contributed by atoms with Gasteiger partial charge in [0.1, 0.15) is 0 Å². The summed E-state index contributed by atoms with van der Waals surface area (Å²) < 4.78 is 5.01. The molecular weight excluding hydrogens is 455 g/mol. The molecule has 1 heterocycles. The van der Waals surface area contributed by atoms with Gasteiger partial charge in [0.05, 0.1) is 13.2 Å². The number of nitrogens with two attached hydrogens (primary N) is 1. The molecule has 1 aromatic rings. The number of hydrogen-bond acceptors (Lipinski definition) is 3. The maximum Gasteiger partial charge on any atom is 0.409 e. The van der Waals surface area contributed by atoms with E-state index in [1.807, 2.05) is 32.0 Å². The molecule has 0 spiro atoms. The van der Waals surface area contributed by atoms with Gasteiger partial charge < -0.3 is 20.7 Å². The van der Waals surface area contributed by atoms with Gasteiger partial charge in [-0.25, -0.2) is 9.79 Å². The van der Waals surface area contributed by atoms with E-state index in [1.165, 1.54) is 0 Å². The highest BCUT2D eigenvalue weighted by Crippen LogP contribution is 2.17. The fourth-order valence-corrected chi connectivity index (χ4v) is 2.78. The van der Waals surface area contributed by atoms with Crippen molar-refractivity contribution in [2.24, 2.45) is 10.7 Å². The molecule has 3 N–H and O–H groups in total. The summed E-state index contributed by atoms with van der Waals surface area (Å²) in [6.45, 7) is 6.03. The summed E-state index contributed by atoms with van der Waals surface area (Å²) in [4.78, 5) is 17.8. The number of amides is 1. The van der Waals surface area contributed by atoms with Crippen LogP contribution in [0.3, 0.4) is 0 Å². The summed E-state index contributed by atoms with van der Waals surface area (Å²) in [5, 5.41) is 3.98. The molecule has 0 bridgehead atoms. The van der Waals surface area contributed by atoms with Crippen molar-refractivity contribution < 1.29 is 9.53 Å². The number of piperidine rings is 1. The minimum absolute atomic E-state index is 0. The van der Waals surface area contributed by atoms with Crippen LogP contribution in [-0.4, -0.2) is 42.7 Å². The number of carbonyl (C=O) groups is 1. The molecule has 1 fully saturated rings. The molecule has 0 saturated carbocycles. The first-order chi connectivity index (χ1) is 11.5. The number of likely N-dealkylation sites (tertiary alicyclic amines) is 1. The first-order valence-electron chi connectivity index (χ1n) is 8.22. The Hall–Kier alpha value is -1.22. The largest absolute Gasteiger partial charge is 0.450 e. The predicted molar refractivity (Wildman–Crippen MR) is 112 cm³/mol. The Morgan fingerprint density at radius 3 is 2.72 bits per heavy atom. The second kappa shape index (κ2) is 10.7. The summed E-state index contributed by atoms with van der Waals surface area (Å²) in [5.74, 6) is 0.428. The average molecular weight is 481 g/mol. The maximum atomic E-state index is 11.7. The summed E-state index contributed by atoms with van der Waals surface area (Å²) >= 11 is 6.02. The zero-order valence-electron chi connectivity index (χ0n) is 14.6. The number of halogens is 2. The standard InChI is InChI=1S/C17H25ClN4O2.HI/c1-3-24-17(23)22-8-6-14(7-9-22)21-16(19)20-11-13-4-5-15(18)12(2)10-13;/h4-5,10,14H,3,6-9,11H2,1-2H3,(H3,19,20,21);1H. The average Bonchev–Trinajstić information content (AvgIpc) is 2.57. The first-order valence-corrected chi connectivity index (χ1v) is 8.60. The Morgan fingerprint density at radius 2 is 2.12 bits per heavy atom.